The Hall–Kier alpha value is -3.42. The van der Waals surface area contributed by atoms with Crippen LogP contribution in [0.15, 0.2) is 30.0 Å². The maximum atomic E-state index is 13.2. The number of likely N-dealkylation sites (tertiary alicyclic amines) is 2. The predicted octanol–water partition coefficient (Wildman–Crippen LogP) is 2.82. The van der Waals surface area contributed by atoms with Gasteiger partial charge in [-0.05, 0) is 38.3 Å². The monoisotopic (exact) mass is 448 g/mol. The van der Waals surface area contributed by atoms with Crippen LogP contribution in [0.2, 0.25) is 0 Å². The maximum absolute atomic E-state index is 13.2. The van der Waals surface area contributed by atoms with E-state index in [2.05, 4.69) is 9.97 Å². The van der Waals surface area contributed by atoms with Crippen LogP contribution in [0.25, 0.3) is 6.08 Å². The number of carbonyl (C=O) groups is 2. The average Bonchev–Trinajstić information content (AvgIpc) is 3.55. The minimum atomic E-state index is -0.0245. The minimum absolute atomic E-state index is 0.0147. The third kappa shape index (κ3) is 4.05. The molecule has 1 atom stereocenters. The Labute approximate surface area is 193 Å². The molecule has 0 bridgehead atoms. The van der Waals surface area contributed by atoms with Crippen LogP contribution in [0.5, 0.6) is 11.5 Å². The van der Waals surface area contributed by atoms with Crippen molar-refractivity contribution in [2.24, 2.45) is 0 Å². The van der Waals surface area contributed by atoms with E-state index in [1.54, 1.807) is 13.3 Å². The zero-order valence-electron chi connectivity index (χ0n) is 19.0. The number of hydrogen-bond donors (Lipinski definition) is 0. The van der Waals surface area contributed by atoms with Gasteiger partial charge in [-0.15, -0.1) is 0 Å². The van der Waals surface area contributed by atoms with Gasteiger partial charge in [0, 0.05) is 43.9 Å². The Morgan fingerprint density at radius 1 is 1.12 bits per heavy atom. The molecule has 2 fully saturated rings. The molecule has 2 saturated heterocycles. The SMILES string of the molecule is COc1cccc2c1OCC(C(=O)N1CC[C@@H](c3ncc(C(=O)N4CCCC4)c(C)n3)C1)=C2. The first-order valence-corrected chi connectivity index (χ1v) is 11.5. The molecule has 33 heavy (non-hydrogen) atoms. The molecule has 1 aromatic heterocycles. The number of fused-ring (bicyclic) bond motifs is 1. The fourth-order valence-electron chi connectivity index (χ4n) is 4.81. The van der Waals surface area contributed by atoms with Crippen molar-refractivity contribution in [1.82, 2.24) is 19.8 Å². The van der Waals surface area contributed by atoms with E-state index in [0.29, 0.717) is 47.2 Å². The zero-order chi connectivity index (χ0) is 22.9. The lowest BCUT2D eigenvalue weighted by atomic mass is 10.1. The number of rotatable bonds is 4. The van der Waals surface area contributed by atoms with Gasteiger partial charge in [-0.2, -0.15) is 0 Å². The van der Waals surface area contributed by atoms with E-state index < -0.39 is 0 Å². The molecule has 0 unspecified atom stereocenters. The second-order valence-electron chi connectivity index (χ2n) is 8.80. The summed E-state index contributed by atoms with van der Waals surface area (Å²) in [6, 6.07) is 5.64. The van der Waals surface area contributed by atoms with Crippen molar-refractivity contribution < 1.29 is 19.1 Å². The number of methoxy groups -OCH3 is 1. The second kappa shape index (κ2) is 8.84. The number of benzene rings is 1. The topological polar surface area (TPSA) is 84.9 Å². The van der Waals surface area contributed by atoms with Gasteiger partial charge in [0.2, 0.25) is 0 Å². The van der Waals surface area contributed by atoms with Crippen molar-refractivity contribution in [1.29, 1.82) is 0 Å². The van der Waals surface area contributed by atoms with Crippen LogP contribution in [0.1, 0.15) is 52.6 Å². The lowest BCUT2D eigenvalue weighted by Crippen LogP contribution is -2.32. The average molecular weight is 449 g/mol. The highest BCUT2D eigenvalue weighted by atomic mass is 16.5. The Bertz CT molecular complexity index is 1120. The number of ether oxygens (including phenoxy) is 2. The Morgan fingerprint density at radius 3 is 2.70 bits per heavy atom. The molecule has 3 aliphatic rings. The van der Waals surface area contributed by atoms with Crippen LogP contribution in [-0.2, 0) is 4.79 Å². The minimum Gasteiger partial charge on any atom is -0.493 e. The highest BCUT2D eigenvalue weighted by Crippen LogP contribution is 2.36. The summed E-state index contributed by atoms with van der Waals surface area (Å²) in [5.74, 6) is 2.08. The van der Waals surface area contributed by atoms with Gasteiger partial charge >= 0.3 is 0 Å². The molecule has 172 valence electrons. The van der Waals surface area contributed by atoms with Crippen LogP contribution in [0.4, 0.5) is 0 Å². The molecule has 2 aromatic rings. The summed E-state index contributed by atoms with van der Waals surface area (Å²) in [7, 11) is 1.60. The van der Waals surface area contributed by atoms with Crippen LogP contribution in [0, 0.1) is 6.92 Å². The van der Waals surface area contributed by atoms with Crippen LogP contribution >= 0.6 is 0 Å². The predicted molar refractivity (Wildman–Crippen MR) is 122 cm³/mol. The van der Waals surface area contributed by atoms with E-state index in [1.807, 2.05) is 41.0 Å². The molecule has 1 aromatic carbocycles. The van der Waals surface area contributed by atoms with Crippen LogP contribution < -0.4 is 9.47 Å². The summed E-state index contributed by atoms with van der Waals surface area (Å²) >= 11 is 0. The molecule has 5 rings (SSSR count). The van der Waals surface area contributed by atoms with E-state index in [-0.39, 0.29) is 24.3 Å². The van der Waals surface area contributed by atoms with Crippen molar-refractivity contribution in [3.05, 3.63) is 52.6 Å². The lowest BCUT2D eigenvalue weighted by molar-refractivity contribution is -0.126. The second-order valence-corrected chi connectivity index (χ2v) is 8.80. The smallest absolute Gasteiger partial charge is 0.257 e. The van der Waals surface area contributed by atoms with E-state index in [9.17, 15) is 9.59 Å². The van der Waals surface area contributed by atoms with Crippen LogP contribution in [0.3, 0.4) is 0 Å². The third-order valence-corrected chi connectivity index (χ3v) is 6.67. The molecule has 0 saturated carbocycles. The number of amides is 2. The van der Waals surface area contributed by atoms with Gasteiger partial charge in [-0.1, -0.05) is 12.1 Å². The van der Waals surface area contributed by atoms with Crippen molar-refractivity contribution in [3.63, 3.8) is 0 Å². The molecule has 4 heterocycles. The molecule has 0 spiro atoms. The molecule has 0 N–H and O–H groups in total. The van der Waals surface area contributed by atoms with Gasteiger partial charge in [0.1, 0.15) is 12.4 Å². The first kappa shape index (κ1) is 21.4. The fraction of sp³-hybridized carbons (Fsp3) is 0.440. The number of para-hydroxylation sites is 1. The van der Waals surface area contributed by atoms with E-state index in [0.717, 1.165) is 37.9 Å². The molecule has 0 radical (unpaired) electrons. The first-order chi connectivity index (χ1) is 16.0. The fourth-order valence-corrected chi connectivity index (χ4v) is 4.81. The molecular formula is C25H28N4O4. The summed E-state index contributed by atoms with van der Waals surface area (Å²) in [4.78, 5) is 38.7. The third-order valence-electron chi connectivity index (χ3n) is 6.67. The molecular weight excluding hydrogens is 420 g/mol. The van der Waals surface area contributed by atoms with Crippen molar-refractivity contribution in [2.45, 2.75) is 32.1 Å². The molecule has 3 aliphatic heterocycles. The largest absolute Gasteiger partial charge is 0.493 e. The van der Waals surface area contributed by atoms with E-state index >= 15 is 0 Å². The van der Waals surface area contributed by atoms with E-state index in [1.165, 1.54) is 0 Å². The summed E-state index contributed by atoms with van der Waals surface area (Å²) < 4.78 is 11.2. The highest BCUT2D eigenvalue weighted by molar-refractivity contribution is 5.99. The quantitative estimate of drug-likeness (QED) is 0.715. The zero-order valence-corrected chi connectivity index (χ0v) is 19.0. The number of nitrogens with zero attached hydrogens (tertiary/aromatic N) is 4. The van der Waals surface area contributed by atoms with Crippen molar-refractivity contribution in [2.75, 3.05) is 39.9 Å². The Kier molecular flexibility index (Phi) is 5.74. The summed E-state index contributed by atoms with van der Waals surface area (Å²) in [6.07, 6.45) is 6.44. The summed E-state index contributed by atoms with van der Waals surface area (Å²) in [5.41, 5.74) is 2.75. The van der Waals surface area contributed by atoms with Gasteiger partial charge in [0.05, 0.1) is 23.9 Å². The maximum Gasteiger partial charge on any atom is 0.257 e. The van der Waals surface area contributed by atoms with Crippen LogP contribution in [-0.4, -0.2) is 71.5 Å². The van der Waals surface area contributed by atoms with Crippen molar-refractivity contribution >= 4 is 17.9 Å². The van der Waals surface area contributed by atoms with Gasteiger partial charge in [-0.3, -0.25) is 9.59 Å². The number of aryl methyl sites for hydroxylation is 1. The Morgan fingerprint density at radius 2 is 1.94 bits per heavy atom. The molecule has 2 amide bonds. The van der Waals surface area contributed by atoms with Gasteiger partial charge in [0.25, 0.3) is 11.8 Å². The normalized spacial score (nSPS) is 19.7. The summed E-state index contributed by atoms with van der Waals surface area (Å²) in [5, 5.41) is 0. The lowest BCUT2D eigenvalue weighted by Gasteiger charge is -2.23. The standard InChI is InChI=1S/C25H28N4O4/c1-16-20(25(31)28-9-3-4-10-28)13-26-23(27-16)18-8-11-29(14-18)24(30)19-12-17-6-5-7-21(32-2)22(17)33-15-19/h5-7,12-13,18H,3-4,8-11,14-15H2,1-2H3/t18-/m1/s1. The summed E-state index contributed by atoms with van der Waals surface area (Å²) in [6.45, 7) is 4.88. The molecule has 8 heteroatoms. The first-order valence-electron chi connectivity index (χ1n) is 11.5. The molecule has 8 nitrogen and oxygen atoms in total. The number of aromatic nitrogens is 2. The van der Waals surface area contributed by atoms with Gasteiger partial charge in [-0.25, -0.2) is 9.97 Å². The van der Waals surface area contributed by atoms with Gasteiger partial charge in [0.15, 0.2) is 11.5 Å². The van der Waals surface area contributed by atoms with Crippen molar-refractivity contribution in [3.8, 4) is 11.5 Å². The van der Waals surface area contributed by atoms with Gasteiger partial charge < -0.3 is 19.3 Å². The highest BCUT2D eigenvalue weighted by Gasteiger charge is 2.32. The Balaban J connectivity index is 1.28. The van der Waals surface area contributed by atoms with E-state index in [4.69, 9.17) is 9.47 Å². The number of hydrogen-bond acceptors (Lipinski definition) is 6. The molecule has 0 aliphatic carbocycles. The number of carbonyl (C=O) groups excluding carboxylic acids is 2.